The van der Waals surface area contributed by atoms with Crippen LogP contribution in [0.3, 0.4) is 0 Å². The second kappa shape index (κ2) is 5.36. The van der Waals surface area contributed by atoms with E-state index >= 15 is 0 Å². The van der Waals surface area contributed by atoms with Crippen molar-refractivity contribution in [2.45, 2.75) is 6.42 Å². The fourth-order valence-corrected chi connectivity index (χ4v) is 3.51. The molecule has 4 atom stereocenters. The Morgan fingerprint density at radius 1 is 1.23 bits per heavy atom. The average Bonchev–Trinajstić information content (AvgIpc) is 3.07. The first-order valence-corrected chi connectivity index (χ1v) is 7.10. The van der Waals surface area contributed by atoms with Gasteiger partial charge in [0.1, 0.15) is 0 Å². The number of carboxylic acids is 1. The third-order valence-electron chi connectivity index (χ3n) is 4.49. The number of amides is 1. The summed E-state index contributed by atoms with van der Waals surface area (Å²) in [7, 11) is 1.44. The number of hydrogen-bond acceptors (Lipinski definition) is 4. The molecule has 6 heteroatoms. The van der Waals surface area contributed by atoms with Crippen molar-refractivity contribution in [3.63, 3.8) is 0 Å². The number of fused-ring (bicyclic) bond motifs is 2. The first-order valence-electron chi connectivity index (χ1n) is 7.10. The van der Waals surface area contributed by atoms with Gasteiger partial charge < -0.3 is 20.3 Å². The highest BCUT2D eigenvalue weighted by Gasteiger charge is 2.51. The minimum absolute atomic E-state index is 0.0297. The van der Waals surface area contributed by atoms with Crippen molar-refractivity contribution in [1.29, 1.82) is 0 Å². The van der Waals surface area contributed by atoms with E-state index in [1.165, 1.54) is 13.2 Å². The van der Waals surface area contributed by atoms with Crippen molar-refractivity contribution < 1.29 is 24.5 Å². The Balaban J connectivity index is 1.78. The molecule has 0 saturated heterocycles. The van der Waals surface area contributed by atoms with Crippen LogP contribution in [0.1, 0.15) is 6.42 Å². The van der Waals surface area contributed by atoms with Gasteiger partial charge in [0, 0.05) is 11.8 Å². The standard InChI is InChI=1S/C16H17NO5/c1-22-12-5-4-10(7-11(12)18)17-15(19)13-8-2-3-9(6-8)14(13)16(20)21/h2-5,7-9,13-14,18H,6H2,1H3,(H,17,19)(H,20,21)/t8-,9-,13+,14-/m0/s1. The minimum atomic E-state index is -0.936. The predicted octanol–water partition coefficient (Wildman–Crippen LogP) is 1.86. The smallest absolute Gasteiger partial charge is 0.307 e. The minimum Gasteiger partial charge on any atom is -0.504 e. The van der Waals surface area contributed by atoms with E-state index in [1.807, 2.05) is 12.2 Å². The number of allylic oxidation sites excluding steroid dienone is 2. The lowest BCUT2D eigenvalue weighted by Gasteiger charge is -2.23. The SMILES string of the molecule is COc1ccc(NC(=O)[C@H]2[C@@H](C(=O)O)[C@H]3C=C[C@H]2C3)cc1O. The number of nitrogens with one attached hydrogen (secondary N) is 1. The van der Waals surface area contributed by atoms with Gasteiger partial charge in [0.15, 0.2) is 11.5 Å². The zero-order valence-corrected chi connectivity index (χ0v) is 12.0. The molecule has 1 aromatic rings. The van der Waals surface area contributed by atoms with E-state index in [2.05, 4.69) is 5.32 Å². The van der Waals surface area contributed by atoms with Gasteiger partial charge >= 0.3 is 5.97 Å². The van der Waals surface area contributed by atoms with E-state index in [0.717, 1.165) is 0 Å². The Morgan fingerprint density at radius 2 is 1.91 bits per heavy atom. The van der Waals surface area contributed by atoms with Crippen LogP contribution in [0.5, 0.6) is 11.5 Å². The van der Waals surface area contributed by atoms with Gasteiger partial charge in [0.05, 0.1) is 18.9 Å². The Morgan fingerprint density at radius 3 is 2.50 bits per heavy atom. The van der Waals surface area contributed by atoms with E-state index < -0.39 is 17.8 Å². The van der Waals surface area contributed by atoms with Gasteiger partial charge in [-0.2, -0.15) is 0 Å². The van der Waals surface area contributed by atoms with Crippen LogP contribution in [0, 0.1) is 23.7 Å². The Labute approximate surface area is 127 Å². The summed E-state index contributed by atoms with van der Waals surface area (Å²) in [4.78, 5) is 23.9. The van der Waals surface area contributed by atoms with Crippen molar-refractivity contribution in [3.8, 4) is 11.5 Å². The first kappa shape index (κ1) is 14.4. The third-order valence-corrected chi connectivity index (χ3v) is 4.49. The molecule has 0 aromatic heterocycles. The summed E-state index contributed by atoms with van der Waals surface area (Å²) < 4.78 is 4.94. The molecule has 2 aliphatic rings. The molecule has 3 N–H and O–H groups in total. The fraction of sp³-hybridized carbons (Fsp3) is 0.375. The molecule has 1 aromatic carbocycles. The van der Waals surface area contributed by atoms with E-state index in [9.17, 15) is 19.8 Å². The van der Waals surface area contributed by atoms with Crippen molar-refractivity contribution >= 4 is 17.6 Å². The molecule has 0 unspecified atom stereocenters. The lowest BCUT2D eigenvalue weighted by Crippen LogP contribution is -2.36. The summed E-state index contributed by atoms with van der Waals surface area (Å²) in [5.41, 5.74) is 0.416. The summed E-state index contributed by atoms with van der Waals surface area (Å²) in [6.45, 7) is 0. The number of carboxylic acid groups (broad SMARTS) is 1. The quantitative estimate of drug-likeness (QED) is 0.738. The summed E-state index contributed by atoms with van der Waals surface area (Å²) in [5, 5.41) is 21.8. The maximum absolute atomic E-state index is 12.5. The predicted molar refractivity (Wildman–Crippen MR) is 78.6 cm³/mol. The van der Waals surface area contributed by atoms with Crippen molar-refractivity contribution in [3.05, 3.63) is 30.4 Å². The number of aromatic hydroxyl groups is 1. The number of hydrogen-bond donors (Lipinski definition) is 3. The number of carbonyl (C=O) groups excluding carboxylic acids is 1. The highest BCUT2D eigenvalue weighted by Crippen LogP contribution is 2.48. The molecule has 6 nitrogen and oxygen atoms in total. The molecular formula is C16H17NO5. The van der Waals surface area contributed by atoms with Crippen LogP contribution in [0.2, 0.25) is 0 Å². The first-order chi connectivity index (χ1) is 10.5. The summed E-state index contributed by atoms with van der Waals surface area (Å²) in [6, 6.07) is 4.53. The van der Waals surface area contributed by atoms with E-state index in [0.29, 0.717) is 17.9 Å². The molecule has 1 saturated carbocycles. The second-order valence-electron chi connectivity index (χ2n) is 5.71. The van der Waals surface area contributed by atoms with Crippen molar-refractivity contribution in [2.75, 3.05) is 12.4 Å². The van der Waals surface area contributed by atoms with E-state index in [-0.39, 0.29) is 23.5 Å². The molecule has 116 valence electrons. The zero-order chi connectivity index (χ0) is 15.9. The van der Waals surface area contributed by atoms with E-state index in [4.69, 9.17) is 4.74 Å². The van der Waals surface area contributed by atoms with Gasteiger partial charge in [-0.05, 0) is 30.4 Å². The molecule has 2 bridgehead atoms. The van der Waals surface area contributed by atoms with Gasteiger partial charge in [-0.15, -0.1) is 0 Å². The number of benzene rings is 1. The molecule has 3 rings (SSSR count). The lowest BCUT2D eigenvalue weighted by atomic mass is 9.82. The third kappa shape index (κ3) is 2.30. The maximum Gasteiger partial charge on any atom is 0.307 e. The largest absolute Gasteiger partial charge is 0.504 e. The van der Waals surface area contributed by atoms with Gasteiger partial charge in [0.25, 0.3) is 0 Å². The zero-order valence-electron chi connectivity index (χ0n) is 12.0. The number of carbonyl (C=O) groups is 2. The summed E-state index contributed by atoms with van der Waals surface area (Å²) >= 11 is 0. The van der Waals surface area contributed by atoms with Crippen LogP contribution in [-0.2, 0) is 9.59 Å². The number of rotatable bonds is 4. The topological polar surface area (TPSA) is 95.9 Å². The van der Waals surface area contributed by atoms with Crippen LogP contribution in [0.25, 0.3) is 0 Å². The Kier molecular flexibility index (Phi) is 3.52. The molecular weight excluding hydrogens is 286 g/mol. The maximum atomic E-state index is 12.5. The fourth-order valence-electron chi connectivity index (χ4n) is 3.51. The van der Waals surface area contributed by atoms with Crippen LogP contribution in [0.4, 0.5) is 5.69 Å². The van der Waals surface area contributed by atoms with Crippen LogP contribution in [-0.4, -0.2) is 29.2 Å². The number of anilines is 1. The highest BCUT2D eigenvalue weighted by molar-refractivity contribution is 5.96. The van der Waals surface area contributed by atoms with Gasteiger partial charge in [-0.1, -0.05) is 12.2 Å². The average molecular weight is 303 g/mol. The monoisotopic (exact) mass is 303 g/mol. The second-order valence-corrected chi connectivity index (χ2v) is 5.71. The van der Waals surface area contributed by atoms with Crippen LogP contribution in [0.15, 0.2) is 30.4 Å². The molecule has 2 aliphatic carbocycles. The highest BCUT2D eigenvalue weighted by atomic mass is 16.5. The molecule has 0 heterocycles. The van der Waals surface area contributed by atoms with Crippen LogP contribution < -0.4 is 10.1 Å². The summed E-state index contributed by atoms with van der Waals surface area (Å²) in [6.07, 6.45) is 4.54. The normalized spacial score (nSPS) is 28.6. The molecule has 0 aliphatic heterocycles. The van der Waals surface area contributed by atoms with Crippen molar-refractivity contribution in [1.82, 2.24) is 0 Å². The number of aliphatic carboxylic acids is 1. The Hall–Kier alpha value is -2.50. The van der Waals surface area contributed by atoms with E-state index in [1.54, 1.807) is 12.1 Å². The molecule has 1 fully saturated rings. The molecule has 0 spiro atoms. The molecule has 1 amide bonds. The van der Waals surface area contributed by atoms with Gasteiger partial charge in [-0.3, -0.25) is 9.59 Å². The number of phenols is 1. The number of ether oxygens (including phenoxy) is 1. The van der Waals surface area contributed by atoms with Crippen molar-refractivity contribution in [2.24, 2.45) is 23.7 Å². The van der Waals surface area contributed by atoms with Gasteiger partial charge in [0.2, 0.25) is 5.91 Å². The number of phenolic OH excluding ortho intramolecular Hbond substituents is 1. The summed E-state index contributed by atoms with van der Waals surface area (Å²) in [5.74, 6) is -2.38. The molecule has 22 heavy (non-hydrogen) atoms. The molecule has 0 radical (unpaired) electrons. The van der Waals surface area contributed by atoms with Gasteiger partial charge in [-0.25, -0.2) is 0 Å². The Bertz CT molecular complexity index is 654. The lowest BCUT2D eigenvalue weighted by molar-refractivity contribution is -0.146. The van der Waals surface area contributed by atoms with Crippen LogP contribution >= 0.6 is 0 Å². The number of methoxy groups -OCH3 is 1.